The minimum atomic E-state index is 0.166. The first kappa shape index (κ1) is 9.99. The molecule has 1 N–H and O–H groups in total. The molecule has 2 aromatic rings. The summed E-state index contributed by atoms with van der Waals surface area (Å²) in [5, 5.41) is 10.3. The number of benzene rings is 1. The van der Waals surface area contributed by atoms with Crippen molar-refractivity contribution in [2.75, 3.05) is 0 Å². The second-order valence-electron chi connectivity index (χ2n) is 3.39. The highest BCUT2D eigenvalue weighted by molar-refractivity contribution is 6.30. The number of nitrogens with zero attached hydrogens (tertiary/aromatic N) is 1. The standard InChI is InChI=1S/C12H10ClNO/c1-8-5-9(7-10(13)6-8)12-11(15)3-2-4-14-12/h2-7,15H,1H3. The molecule has 0 amide bonds. The van der Waals surface area contributed by atoms with Gasteiger partial charge < -0.3 is 5.11 Å². The van der Waals surface area contributed by atoms with Crippen LogP contribution >= 0.6 is 11.6 Å². The fraction of sp³-hybridized carbons (Fsp3) is 0.0833. The van der Waals surface area contributed by atoms with Gasteiger partial charge in [-0.25, -0.2) is 0 Å². The van der Waals surface area contributed by atoms with Crippen molar-refractivity contribution in [3.05, 3.63) is 47.1 Å². The van der Waals surface area contributed by atoms with Gasteiger partial charge in [-0.1, -0.05) is 11.6 Å². The largest absolute Gasteiger partial charge is 0.506 e. The molecule has 0 saturated heterocycles. The van der Waals surface area contributed by atoms with E-state index < -0.39 is 0 Å². The van der Waals surface area contributed by atoms with Crippen LogP contribution < -0.4 is 0 Å². The predicted octanol–water partition coefficient (Wildman–Crippen LogP) is 3.42. The van der Waals surface area contributed by atoms with Gasteiger partial charge in [0.25, 0.3) is 0 Å². The summed E-state index contributed by atoms with van der Waals surface area (Å²) in [5.74, 6) is 0.166. The van der Waals surface area contributed by atoms with Gasteiger partial charge in [0.05, 0.1) is 0 Å². The fourth-order valence-electron chi connectivity index (χ4n) is 1.49. The van der Waals surface area contributed by atoms with Gasteiger partial charge in [0, 0.05) is 16.8 Å². The topological polar surface area (TPSA) is 33.1 Å². The first-order valence-corrected chi connectivity index (χ1v) is 4.96. The summed E-state index contributed by atoms with van der Waals surface area (Å²) in [6.45, 7) is 1.95. The molecule has 0 radical (unpaired) electrons. The van der Waals surface area contributed by atoms with E-state index in [-0.39, 0.29) is 5.75 Å². The van der Waals surface area contributed by atoms with Gasteiger partial charge in [-0.3, -0.25) is 4.98 Å². The van der Waals surface area contributed by atoms with Gasteiger partial charge in [-0.15, -0.1) is 0 Å². The molecule has 76 valence electrons. The Morgan fingerprint density at radius 2 is 2.07 bits per heavy atom. The van der Waals surface area contributed by atoms with E-state index in [0.717, 1.165) is 11.1 Å². The highest BCUT2D eigenvalue weighted by Crippen LogP contribution is 2.28. The van der Waals surface area contributed by atoms with E-state index in [1.807, 2.05) is 19.1 Å². The Hall–Kier alpha value is -1.54. The zero-order valence-corrected chi connectivity index (χ0v) is 8.99. The number of halogens is 1. The van der Waals surface area contributed by atoms with Crippen molar-refractivity contribution >= 4 is 11.6 Å². The Morgan fingerprint density at radius 3 is 2.73 bits per heavy atom. The number of aryl methyl sites for hydroxylation is 1. The smallest absolute Gasteiger partial charge is 0.141 e. The van der Waals surface area contributed by atoms with E-state index in [1.54, 1.807) is 24.4 Å². The third-order valence-corrected chi connectivity index (χ3v) is 2.32. The average Bonchev–Trinajstić information content (AvgIpc) is 2.16. The third-order valence-electron chi connectivity index (χ3n) is 2.10. The zero-order chi connectivity index (χ0) is 10.8. The van der Waals surface area contributed by atoms with Crippen LogP contribution in [0.4, 0.5) is 0 Å². The molecule has 0 atom stereocenters. The molecule has 0 fully saturated rings. The molecule has 1 aromatic carbocycles. The van der Waals surface area contributed by atoms with Crippen LogP contribution in [0.3, 0.4) is 0 Å². The van der Waals surface area contributed by atoms with E-state index in [4.69, 9.17) is 11.6 Å². The van der Waals surface area contributed by atoms with Gasteiger partial charge in [-0.2, -0.15) is 0 Å². The molecule has 0 bridgehead atoms. The molecule has 1 heterocycles. The fourth-order valence-corrected chi connectivity index (χ4v) is 1.78. The molecule has 1 aromatic heterocycles. The predicted molar refractivity (Wildman–Crippen MR) is 61.1 cm³/mol. The molecule has 3 heteroatoms. The lowest BCUT2D eigenvalue weighted by atomic mass is 10.1. The van der Waals surface area contributed by atoms with Crippen LogP contribution in [0.2, 0.25) is 5.02 Å². The first-order chi connectivity index (χ1) is 7.16. The van der Waals surface area contributed by atoms with Crippen LogP contribution in [0.15, 0.2) is 36.5 Å². The number of rotatable bonds is 1. The molecule has 0 aliphatic heterocycles. The van der Waals surface area contributed by atoms with Gasteiger partial charge >= 0.3 is 0 Å². The lowest BCUT2D eigenvalue weighted by Crippen LogP contribution is -1.85. The maximum atomic E-state index is 9.64. The second-order valence-corrected chi connectivity index (χ2v) is 3.82. The van der Waals surface area contributed by atoms with Gasteiger partial charge in [0.1, 0.15) is 11.4 Å². The van der Waals surface area contributed by atoms with E-state index in [0.29, 0.717) is 10.7 Å². The highest BCUT2D eigenvalue weighted by Gasteiger charge is 2.05. The molecular formula is C12H10ClNO. The molecular weight excluding hydrogens is 210 g/mol. The third kappa shape index (κ3) is 2.10. The molecule has 15 heavy (non-hydrogen) atoms. The SMILES string of the molecule is Cc1cc(Cl)cc(-c2ncccc2O)c1. The Kier molecular flexibility index (Phi) is 2.60. The molecule has 0 saturated carbocycles. The number of hydrogen-bond acceptors (Lipinski definition) is 2. The van der Waals surface area contributed by atoms with E-state index in [1.165, 1.54) is 0 Å². The summed E-state index contributed by atoms with van der Waals surface area (Å²) in [7, 11) is 0. The maximum absolute atomic E-state index is 9.64. The molecule has 2 nitrogen and oxygen atoms in total. The van der Waals surface area contributed by atoms with E-state index >= 15 is 0 Å². The lowest BCUT2D eigenvalue weighted by Gasteiger charge is -2.05. The Bertz CT molecular complexity index is 476. The minimum absolute atomic E-state index is 0.166. The minimum Gasteiger partial charge on any atom is -0.506 e. The van der Waals surface area contributed by atoms with Crippen molar-refractivity contribution < 1.29 is 5.11 Å². The van der Waals surface area contributed by atoms with Crippen molar-refractivity contribution in [3.63, 3.8) is 0 Å². The zero-order valence-electron chi connectivity index (χ0n) is 8.24. The summed E-state index contributed by atoms with van der Waals surface area (Å²) in [5.41, 5.74) is 2.43. The second kappa shape index (κ2) is 3.91. The Labute approximate surface area is 93.2 Å². The number of aromatic nitrogens is 1. The van der Waals surface area contributed by atoms with Crippen LogP contribution in [0.5, 0.6) is 5.75 Å². The van der Waals surface area contributed by atoms with Gasteiger partial charge in [0.2, 0.25) is 0 Å². The summed E-state index contributed by atoms with van der Waals surface area (Å²) in [6.07, 6.45) is 1.64. The van der Waals surface area contributed by atoms with Crippen molar-refractivity contribution in [1.29, 1.82) is 0 Å². The molecule has 2 rings (SSSR count). The van der Waals surface area contributed by atoms with Gasteiger partial charge in [-0.05, 0) is 42.8 Å². The molecule has 0 unspecified atom stereocenters. The van der Waals surface area contributed by atoms with Crippen molar-refractivity contribution in [3.8, 4) is 17.0 Å². The summed E-state index contributed by atoms with van der Waals surface area (Å²) in [4.78, 5) is 4.12. The van der Waals surface area contributed by atoms with Gasteiger partial charge in [0.15, 0.2) is 0 Å². The van der Waals surface area contributed by atoms with Crippen LogP contribution in [0.25, 0.3) is 11.3 Å². The quantitative estimate of drug-likeness (QED) is 0.797. The first-order valence-electron chi connectivity index (χ1n) is 4.58. The number of pyridine rings is 1. The van der Waals surface area contributed by atoms with Crippen LogP contribution in [-0.4, -0.2) is 10.1 Å². The molecule has 0 aliphatic rings. The van der Waals surface area contributed by atoms with Crippen LogP contribution in [0, 0.1) is 6.92 Å². The molecule has 0 spiro atoms. The summed E-state index contributed by atoms with van der Waals surface area (Å²) >= 11 is 5.94. The normalized spacial score (nSPS) is 10.3. The average molecular weight is 220 g/mol. The Balaban J connectivity index is 2.59. The number of aromatic hydroxyl groups is 1. The van der Waals surface area contributed by atoms with Crippen molar-refractivity contribution in [2.45, 2.75) is 6.92 Å². The highest BCUT2D eigenvalue weighted by atomic mass is 35.5. The number of hydrogen-bond donors (Lipinski definition) is 1. The van der Waals surface area contributed by atoms with Crippen LogP contribution in [-0.2, 0) is 0 Å². The van der Waals surface area contributed by atoms with Crippen LogP contribution in [0.1, 0.15) is 5.56 Å². The summed E-state index contributed by atoms with van der Waals surface area (Å²) < 4.78 is 0. The van der Waals surface area contributed by atoms with Crippen molar-refractivity contribution in [2.24, 2.45) is 0 Å². The van der Waals surface area contributed by atoms with E-state index in [2.05, 4.69) is 4.98 Å². The Morgan fingerprint density at radius 1 is 1.27 bits per heavy atom. The summed E-state index contributed by atoms with van der Waals surface area (Å²) in [6, 6.07) is 8.89. The van der Waals surface area contributed by atoms with E-state index in [9.17, 15) is 5.11 Å². The maximum Gasteiger partial charge on any atom is 0.141 e. The van der Waals surface area contributed by atoms with Crippen molar-refractivity contribution in [1.82, 2.24) is 4.98 Å². The molecule has 0 aliphatic carbocycles. The lowest BCUT2D eigenvalue weighted by molar-refractivity contribution is 0.475. The monoisotopic (exact) mass is 219 g/mol.